The van der Waals surface area contributed by atoms with E-state index in [0.29, 0.717) is 13.1 Å². The number of nitrogens with zero attached hydrogens (tertiary/aromatic N) is 1. The minimum absolute atomic E-state index is 0.0493. The van der Waals surface area contributed by atoms with Crippen molar-refractivity contribution in [2.45, 2.75) is 26.3 Å². The van der Waals surface area contributed by atoms with E-state index in [4.69, 9.17) is 0 Å². The Hall–Kier alpha value is -0.620. The van der Waals surface area contributed by atoms with E-state index in [-0.39, 0.29) is 29.5 Å². The van der Waals surface area contributed by atoms with Gasteiger partial charge in [-0.3, -0.25) is 9.69 Å². The third-order valence-corrected chi connectivity index (χ3v) is 3.93. The molecule has 1 rings (SSSR count). The number of amides is 1. The van der Waals surface area contributed by atoms with Crippen molar-refractivity contribution in [1.29, 1.82) is 0 Å². The fraction of sp³-hybridized carbons (Fsp3) is 0.900. The van der Waals surface area contributed by atoms with Gasteiger partial charge >= 0.3 is 0 Å². The maximum absolute atomic E-state index is 11.6. The molecule has 0 unspecified atom stereocenters. The van der Waals surface area contributed by atoms with Crippen molar-refractivity contribution in [3.8, 4) is 0 Å². The van der Waals surface area contributed by atoms with Gasteiger partial charge in [-0.1, -0.05) is 0 Å². The van der Waals surface area contributed by atoms with Gasteiger partial charge in [-0.15, -0.1) is 0 Å². The van der Waals surface area contributed by atoms with Crippen LogP contribution in [0.25, 0.3) is 0 Å². The second-order valence-electron chi connectivity index (χ2n) is 5.23. The third kappa shape index (κ3) is 4.94. The lowest BCUT2D eigenvalue weighted by Crippen LogP contribution is -2.49. The summed E-state index contributed by atoms with van der Waals surface area (Å²) in [6.07, 6.45) is 0. The molecule has 1 aliphatic rings. The number of rotatable bonds is 2. The highest BCUT2D eigenvalue weighted by Gasteiger charge is 2.24. The maximum Gasteiger partial charge on any atom is 0.234 e. The number of hydrogen-bond acceptors (Lipinski definition) is 4. The van der Waals surface area contributed by atoms with Crippen LogP contribution in [0.5, 0.6) is 0 Å². The molecule has 0 aromatic heterocycles. The molecule has 0 aromatic rings. The molecule has 1 fully saturated rings. The summed E-state index contributed by atoms with van der Waals surface area (Å²) in [7, 11) is -2.86. The van der Waals surface area contributed by atoms with Crippen molar-refractivity contribution >= 4 is 15.7 Å². The average Bonchev–Trinajstić information content (AvgIpc) is 2.05. The predicted molar refractivity (Wildman–Crippen MR) is 63.0 cm³/mol. The molecule has 0 atom stereocenters. The van der Waals surface area contributed by atoms with Gasteiger partial charge in [-0.2, -0.15) is 0 Å². The van der Waals surface area contributed by atoms with Crippen LogP contribution in [0.15, 0.2) is 0 Å². The van der Waals surface area contributed by atoms with Crippen LogP contribution in [0.4, 0.5) is 0 Å². The molecule has 1 heterocycles. The lowest BCUT2D eigenvalue weighted by Gasteiger charge is -2.28. The minimum Gasteiger partial charge on any atom is -0.350 e. The SMILES string of the molecule is CC(C)(C)NC(=O)CN1CCS(=O)(=O)CC1. The van der Waals surface area contributed by atoms with E-state index in [1.807, 2.05) is 25.7 Å². The summed E-state index contributed by atoms with van der Waals surface area (Å²) < 4.78 is 22.4. The van der Waals surface area contributed by atoms with Gasteiger partial charge in [0.1, 0.15) is 0 Å². The van der Waals surface area contributed by atoms with Gasteiger partial charge in [-0.25, -0.2) is 8.42 Å². The standard InChI is InChI=1S/C10H20N2O3S/c1-10(2,3)11-9(13)8-12-4-6-16(14,15)7-5-12/h4-8H2,1-3H3,(H,11,13). The summed E-state index contributed by atoms with van der Waals surface area (Å²) >= 11 is 0. The van der Waals surface area contributed by atoms with Gasteiger partial charge in [0.2, 0.25) is 5.91 Å². The first-order valence-corrected chi connectivity index (χ1v) is 7.24. The molecule has 1 aliphatic heterocycles. The Labute approximate surface area is 97.1 Å². The topological polar surface area (TPSA) is 66.5 Å². The van der Waals surface area contributed by atoms with E-state index in [2.05, 4.69) is 5.32 Å². The van der Waals surface area contributed by atoms with Crippen LogP contribution in [0.1, 0.15) is 20.8 Å². The van der Waals surface area contributed by atoms with Crippen molar-refractivity contribution in [2.75, 3.05) is 31.1 Å². The molecular formula is C10H20N2O3S. The van der Waals surface area contributed by atoms with E-state index in [9.17, 15) is 13.2 Å². The third-order valence-electron chi connectivity index (χ3n) is 2.32. The molecule has 5 nitrogen and oxygen atoms in total. The summed E-state index contributed by atoms with van der Waals surface area (Å²) in [6.45, 7) is 6.97. The van der Waals surface area contributed by atoms with Gasteiger partial charge in [0.25, 0.3) is 0 Å². The minimum atomic E-state index is -2.86. The molecule has 0 bridgehead atoms. The average molecular weight is 248 g/mol. The van der Waals surface area contributed by atoms with Gasteiger partial charge in [0, 0.05) is 18.6 Å². The first-order valence-electron chi connectivity index (χ1n) is 5.42. The van der Waals surface area contributed by atoms with E-state index >= 15 is 0 Å². The molecular weight excluding hydrogens is 228 g/mol. The van der Waals surface area contributed by atoms with Crippen LogP contribution < -0.4 is 5.32 Å². The Morgan fingerprint density at radius 3 is 2.19 bits per heavy atom. The van der Waals surface area contributed by atoms with Crippen LogP contribution in [0.2, 0.25) is 0 Å². The second kappa shape index (κ2) is 4.71. The zero-order chi connectivity index (χ0) is 12.4. The largest absolute Gasteiger partial charge is 0.350 e. The van der Waals surface area contributed by atoms with Gasteiger partial charge in [0.05, 0.1) is 18.1 Å². The number of carbonyl (C=O) groups is 1. The zero-order valence-electron chi connectivity index (χ0n) is 10.1. The van der Waals surface area contributed by atoms with Crippen LogP contribution in [0, 0.1) is 0 Å². The first kappa shape index (κ1) is 13.4. The summed E-state index contributed by atoms with van der Waals surface area (Å²) in [4.78, 5) is 13.5. The Morgan fingerprint density at radius 1 is 1.25 bits per heavy atom. The van der Waals surface area contributed by atoms with Crippen LogP contribution in [0.3, 0.4) is 0 Å². The molecule has 0 spiro atoms. The summed E-state index contributed by atoms with van der Waals surface area (Å²) in [6, 6.07) is 0. The maximum atomic E-state index is 11.6. The summed E-state index contributed by atoms with van der Waals surface area (Å²) in [5.41, 5.74) is -0.237. The quantitative estimate of drug-likeness (QED) is 0.724. The van der Waals surface area contributed by atoms with Crippen molar-refractivity contribution < 1.29 is 13.2 Å². The molecule has 1 amide bonds. The van der Waals surface area contributed by atoms with Crippen molar-refractivity contribution in [2.24, 2.45) is 0 Å². The highest BCUT2D eigenvalue weighted by Crippen LogP contribution is 2.04. The van der Waals surface area contributed by atoms with Gasteiger partial charge in [0.15, 0.2) is 9.84 Å². The summed E-state index contributed by atoms with van der Waals surface area (Å²) in [5, 5.41) is 2.86. The molecule has 6 heteroatoms. The number of sulfone groups is 1. The zero-order valence-corrected chi connectivity index (χ0v) is 10.9. The van der Waals surface area contributed by atoms with E-state index in [1.165, 1.54) is 0 Å². The molecule has 0 aliphatic carbocycles. The number of hydrogen-bond donors (Lipinski definition) is 1. The Bertz CT molecular complexity index is 343. The molecule has 1 saturated heterocycles. The fourth-order valence-electron chi connectivity index (χ4n) is 1.57. The van der Waals surface area contributed by atoms with E-state index in [0.717, 1.165) is 0 Å². The Kier molecular flexibility index (Phi) is 3.96. The van der Waals surface area contributed by atoms with Crippen molar-refractivity contribution in [3.05, 3.63) is 0 Å². The van der Waals surface area contributed by atoms with Crippen molar-refractivity contribution in [1.82, 2.24) is 10.2 Å². The smallest absolute Gasteiger partial charge is 0.234 e. The number of nitrogens with one attached hydrogen (secondary N) is 1. The van der Waals surface area contributed by atoms with Crippen LogP contribution in [-0.2, 0) is 14.6 Å². The summed E-state index contributed by atoms with van der Waals surface area (Å²) in [5.74, 6) is 0.276. The first-order chi connectivity index (χ1) is 7.18. The number of carbonyl (C=O) groups excluding carboxylic acids is 1. The van der Waals surface area contributed by atoms with E-state index in [1.54, 1.807) is 0 Å². The Morgan fingerprint density at radius 2 is 1.75 bits per heavy atom. The lowest BCUT2D eigenvalue weighted by molar-refractivity contribution is -0.123. The van der Waals surface area contributed by atoms with Crippen LogP contribution in [-0.4, -0.2) is 55.9 Å². The fourth-order valence-corrected chi connectivity index (χ4v) is 2.85. The second-order valence-corrected chi connectivity index (χ2v) is 7.53. The molecule has 0 radical (unpaired) electrons. The molecule has 16 heavy (non-hydrogen) atoms. The molecule has 94 valence electrons. The Balaban J connectivity index is 2.37. The lowest BCUT2D eigenvalue weighted by atomic mass is 10.1. The monoisotopic (exact) mass is 248 g/mol. The van der Waals surface area contributed by atoms with Crippen molar-refractivity contribution in [3.63, 3.8) is 0 Å². The van der Waals surface area contributed by atoms with Gasteiger partial charge in [-0.05, 0) is 20.8 Å². The molecule has 0 aromatic carbocycles. The highest BCUT2D eigenvalue weighted by atomic mass is 32.2. The van der Waals surface area contributed by atoms with Gasteiger partial charge < -0.3 is 5.32 Å². The molecule has 0 saturated carbocycles. The van der Waals surface area contributed by atoms with Crippen LogP contribution >= 0.6 is 0 Å². The predicted octanol–water partition coefficient (Wildman–Crippen LogP) is -0.368. The molecule has 1 N–H and O–H groups in total. The normalized spacial score (nSPS) is 21.7. The highest BCUT2D eigenvalue weighted by molar-refractivity contribution is 7.91. The van der Waals surface area contributed by atoms with E-state index < -0.39 is 9.84 Å².